The van der Waals surface area contributed by atoms with E-state index in [1.807, 2.05) is 48.5 Å². The first kappa shape index (κ1) is 15.9. The van der Waals surface area contributed by atoms with Crippen molar-refractivity contribution in [3.8, 4) is 0 Å². The van der Waals surface area contributed by atoms with Gasteiger partial charge in [-0.1, -0.05) is 42.5 Å². The number of hydrogen-bond acceptors (Lipinski definition) is 3. The molecule has 4 nitrogen and oxygen atoms in total. The Hall–Kier alpha value is -2.46. The molecule has 0 fully saturated rings. The largest absolute Gasteiger partial charge is 0.295 e. The first-order chi connectivity index (χ1) is 10.6. The highest BCUT2D eigenvalue weighted by Gasteiger charge is 2.03. The Morgan fingerprint density at radius 3 is 2.23 bits per heavy atom. The van der Waals surface area contributed by atoms with Crippen LogP contribution in [-0.2, 0) is 24.1 Å². The van der Waals surface area contributed by atoms with Crippen molar-refractivity contribution < 1.29 is 9.59 Å². The zero-order valence-corrected chi connectivity index (χ0v) is 12.6. The van der Waals surface area contributed by atoms with Crippen molar-refractivity contribution in [2.45, 2.75) is 26.2 Å². The van der Waals surface area contributed by atoms with Gasteiger partial charge in [-0.05, 0) is 42.5 Å². The average molecular weight is 296 g/mol. The van der Waals surface area contributed by atoms with Crippen LogP contribution in [0.3, 0.4) is 0 Å². The molecule has 0 saturated carbocycles. The molecule has 114 valence electrons. The molecule has 22 heavy (non-hydrogen) atoms. The van der Waals surface area contributed by atoms with Gasteiger partial charge >= 0.3 is 0 Å². The zero-order valence-electron chi connectivity index (χ0n) is 12.6. The second-order valence-electron chi connectivity index (χ2n) is 5.32. The highest BCUT2D eigenvalue weighted by Crippen LogP contribution is 2.12. The molecule has 0 spiro atoms. The van der Waals surface area contributed by atoms with Crippen molar-refractivity contribution in [2.24, 2.45) is 5.84 Å². The number of benzene rings is 2. The molecule has 1 amide bonds. The molecule has 0 atom stereocenters. The van der Waals surface area contributed by atoms with Crippen LogP contribution in [0.4, 0.5) is 0 Å². The summed E-state index contributed by atoms with van der Waals surface area (Å²) in [5, 5.41) is 0. The lowest BCUT2D eigenvalue weighted by Crippen LogP contribution is -2.31. The van der Waals surface area contributed by atoms with Gasteiger partial charge in [0, 0.05) is 5.56 Å². The van der Waals surface area contributed by atoms with E-state index < -0.39 is 0 Å². The summed E-state index contributed by atoms with van der Waals surface area (Å²) in [6.07, 6.45) is 2.06. The third-order valence-electron chi connectivity index (χ3n) is 3.58. The number of hydrogen-bond donors (Lipinski definition) is 2. The van der Waals surface area contributed by atoms with E-state index in [1.54, 1.807) is 6.92 Å². The number of amides is 1. The van der Waals surface area contributed by atoms with Crippen molar-refractivity contribution >= 4 is 11.7 Å². The number of aryl methyl sites for hydroxylation is 2. The van der Waals surface area contributed by atoms with Gasteiger partial charge in [-0.2, -0.15) is 0 Å². The van der Waals surface area contributed by atoms with Crippen LogP contribution in [0.25, 0.3) is 0 Å². The van der Waals surface area contributed by atoms with Gasteiger partial charge in [0.25, 0.3) is 0 Å². The maximum Gasteiger partial charge on any atom is 0.238 e. The minimum atomic E-state index is -0.200. The van der Waals surface area contributed by atoms with Gasteiger partial charge in [-0.3, -0.25) is 15.0 Å². The molecule has 0 aliphatic rings. The summed E-state index contributed by atoms with van der Waals surface area (Å²) < 4.78 is 0. The van der Waals surface area contributed by atoms with E-state index in [2.05, 4.69) is 5.43 Å². The molecule has 3 N–H and O–H groups in total. The fraction of sp³-hybridized carbons (Fsp3) is 0.222. The SMILES string of the molecule is CC(=O)c1cccc(CCc2ccc(CC(=O)NN)cc2)c1. The average Bonchev–Trinajstić information content (AvgIpc) is 2.54. The quantitative estimate of drug-likeness (QED) is 0.371. The van der Waals surface area contributed by atoms with E-state index in [-0.39, 0.29) is 18.1 Å². The monoisotopic (exact) mass is 296 g/mol. The van der Waals surface area contributed by atoms with Crippen LogP contribution < -0.4 is 11.3 Å². The first-order valence-electron chi connectivity index (χ1n) is 7.25. The van der Waals surface area contributed by atoms with Gasteiger partial charge in [0.05, 0.1) is 6.42 Å². The summed E-state index contributed by atoms with van der Waals surface area (Å²) in [5.41, 5.74) is 6.16. The van der Waals surface area contributed by atoms with E-state index in [4.69, 9.17) is 5.84 Å². The van der Waals surface area contributed by atoms with E-state index in [1.165, 1.54) is 5.56 Å². The van der Waals surface area contributed by atoms with Crippen LogP contribution in [0.2, 0.25) is 0 Å². The van der Waals surface area contributed by atoms with Gasteiger partial charge in [-0.15, -0.1) is 0 Å². The molecular weight excluding hydrogens is 276 g/mol. The third kappa shape index (κ3) is 4.53. The number of hydrazine groups is 1. The summed E-state index contributed by atoms with van der Waals surface area (Å²) in [7, 11) is 0. The number of rotatable bonds is 6. The number of carbonyl (C=O) groups is 2. The predicted octanol–water partition coefficient (Wildman–Crippen LogP) is 2.21. The van der Waals surface area contributed by atoms with E-state index in [9.17, 15) is 9.59 Å². The lowest BCUT2D eigenvalue weighted by atomic mass is 10.0. The lowest BCUT2D eigenvalue weighted by Gasteiger charge is -2.05. The summed E-state index contributed by atoms with van der Waals surface area (Å²) in [4.78, 5) is 22.6. The molecule has 4 heteroatoms. The topological polar surface area (TPSA) is 72.2 Å². The second kappa shape index (κ2) is 7.52. The van der Waals surface area contributed by atoms with Crippen LogP contribution in [0.1, 0.15) is 34.0 Å². The molecule has 0 unspecified atom stereocenters. The molecule has 0 radical (unpaired) electrons. The van der Waals surface area contributed by atoms with Crippen molar-refractivity contribution in [3.63, 3.8) is 0 Å². The van der Waals surface area contributed by atoms with Gasteiger partial charge in [0.1, 0.15) is 0 Å². The van der Waals surface area contributed by atoms with Crippen LogP contribution in [0.15, 0.2) is 48.5 Å². The molecule has 0 aromatic heterocycles. The minimum Gasteiger partial charge on any atom is -0.295 e. The molecule has 0 bridgehead atoms. The van der Waals surface area contributed by atoms with Crippen molar-refractivity contribution in [3.05, 3.63) is 70.8 Å². The number of ketones is 1. The molecule has 0 aliphatic carbocycles. The number of Topliss-reactive ketones (excluding diaryl/α,β-unsaturated/α-hetero) is 1. The van der Waals surface area contributed by atoms with E-state index in [0.29, 0.717) is 0 Å². The van der Waals surface area contributed by atoms with Gasteiger partial charge < -0.3 is 0 Å². The number of carbonyl (C=O) groups excluding carboxylic acids is 2. The summed E-state index contributed by atoms with van der Waals surface area (Å²) in [5.74, 6) is 4.96. The Morgan fingerprint density at radius 2 is 1.59 bits per heavy atom. The van der Waals surface area contributed by atoms with Crippen LogP contribution in [0.5, 0.6) is 0 Å². The maximum absolute atomic E-state index is 11.4. The fourth-order valence-electron chi connectivity index (χ4n) is 2.29. The Balaban J connectivity index is 1.95. The molecule has 2 aromatic carbocycles. The highest BCUT2D eigenvalue weighted by molar-refractivity contribution is 5.94. The predicted molar refractivity (Wildman–Crippen MR) is 86.3 cm³/mol. The lowest BCUT2D eigenvalue weighted by molar-refractivity contribution is -0.120. The summed E-state index contributed by atoms with van der Waals surface area (Å²) in [6.45, 7) is 1.58. The molecule has 0 heterocycles. The number of nitrogens with one attached hydrogen (secondary N) is 1. The van der Waals surface area contributed by atoms with Gasteiger partial charge in [-0.25, -0.2) is 5.84 Å². The van der Waals surface area contributed by atoms with Crippen molar-refractivity contribution in [1.29, 1.82) is 0 Å². The smallest absolute Gasteiger partial charge is 0.238 e. The fourth-order valence-corrected chi connectivity index (χ4v) is 2.29. The van der Waals surface area contributed by atoms with Crippen molar-refractivity contribution in [1.82, 2.24) is 5.43 Å². The van der Waals surface area contributed by atoms with Gasteiger partial charge in [0.15, 0.2) is 5.78 Å². The van der Waals surface area contributed by atoms with Gasteiger partial charge in [0.2, 0.25) is 5.91 Å². The standard InChI is InChI=1S/C18H20N2O2/c1-13(21)17-4-2-3-15(11-17)8-5-14-6-9-16(10-7-14)12-18(22)20-19/h2-4,6-7,9-11H,5,8,12,19H2,1H3,(H,20,22). The highest BCUT2D eigenvalue weighted by atomic mass is 16.2. The molecule has 0 saturated heterocycles. The van der Waals surface area contributed by atoms with Crippen molar-refractivity contribution in [2.75, 3.05) is 0 Å². The Morgan fingerprint density at radius 1 is 0.955 bits per heavy atom. The Bertz CT molecular complexity index is 663. The summed E-state index contributed by atoms with van der Waals surface area (Å²) in [6, 6.07) is 15.7. The number of nitrogens with two attached hydrogens (primary N) is 1. The molecule has 0 aliphatic heterocycles. The third-order valence-corrected chi connectivity index (χ3v) is 3.58. The second-order valence-corrected chi connectivity index (χ2v) is 5.32. The molecular formula is C18H20N2O2. The van der Waals surface area contributed by atoms with E-state index in [0.717, 1.165) is 29.5 Å². The van der Waals surface area contributed by atoms with Crippen LogP contribution >= 0.6 is 0 Å². The maximum atomic E-state index is 11.4. The first-order valence-corrected chi connectivity index (χ1v) is 7.25. The minimum absolute atomic E-state index is 0.0874. The van der Waals surface area contributed by atoms with Crippen LogP contribution in [0, 0.1) is 0 Å². The summed E-state index contributed by atoms with van der Waals surface area (Å²) >= 11 is 0. The van der Waals surface area contributed by atoms with Crippen LogP contribution in [-0.4, -0.2) is 11.7 Å². The van der Waals surface area contributed by atoms with E-state index >= 15 is 0 Å². The molecule has 2 aromatic rings. The molecule has 2 rings (SSSR count). The zero-order chi connectivity index (χ0) is 15.9. The Kier molecular flexibility index (Phi) is 5.44. The Labute approximate surface area is 130 Å². The normalized spacial score (nSPS) is 10.3.